The highest BCUT2D eigenvalue weighted by Crippen LogP contribution is 2.31. The first-order valence-corrected chi connectivity index (χ1v) is 9.90. The fourth-order valence-electron chi connectivity index (χ4n) is 3.03. The highest BCUT2D eigenvalue weighted by Gasteiger charge is 2.17. The number of aryl methyl sites for hydroxylation is 1. The monoisotopic (exact) mass is 411 g/mol. The Morgan fingerprint density at radius 2 is 1.96 bits per heavy atom. The molecule has 142 valence electrons. The van der Waals surface area contributed by atoms with E-state index in [0.717, 1.165) is 21.5 Å². The Morgan fingerprint density at radius 1 is 1.21 bits per heavy atom. The van der Waals surface area contributed by atoms with E-state index in [1.165, 1.54) is 11.3 Å². The summed E-state index contributed by atoms with van der Waals surface area (Å²) in [7, 11) is 1.58. The molecule has 0 aliphatic heterocycles. The van der Waals surface area contributed by atoms with E-state index in [4.69, 9.17) is 16.3 Å². The van der Waals surface area contributed by atoms with Crippen molar-refractivity contribution in [2.24, 2.45) is 0 Å². The fraction of sp³-hybridized carbons (Fsp3) is 0.143. The first-order valence-electron chi connectivity index (χ1n) is 8.71. The van der Waals surface area contributed by atoms with E-state index in [-0.39, 0.29) is 5.91 Å². The van der Waals surface area contributed by atoms with E-state index in [1.807, 2.05) is 66.2 Å². The van der Waals surface area contributed by atoms with Gasteiger partial charge in [-0.05, 0) is 42.8 Å². The number of hydrogen-bond donors (Lipinski definition) is 1. The molecule has 0 saturated carbocycles. The second-order valence-corrected chi connectivity index (χ2v) is 7.82. The lowest BCUT2D eigenvalue weighted by molar-refractivity contribution is 0.103. The number of aromatic nitrogens is 2. The largest absolute Gasteiger partial charge is 0.495 e. The minimum Gasteiger partial charge on any atom is -0.495 e. The van der Waals surface area contributed by atoms with Crippen LogP contribution in [0.2, 0.25) is 5.02 Å². The van der Waals surface area contributed by atoms with Gasteiger partial charge in [-0.2, -0.15) is 5.10 Å². The molecule has 1 N–H and O–H groups in total. The van der Waals surface area contributed by atoms with Gasteiger partial charge in [0.05, 0.1) is 29.9 Å². The first-order chi connectivity index (χ1) is 13.5. The molecule has 0 atom stereocenters. The molecule has 0 radical (unpaired) electrons. The number of nitrogens with zero attached hydrogens (tertiary/aromatic N) is 2. The number of rotatable bonds is 5. The third-order valence-electron chi connectivity index (χ3n) is 4.43. The van der Waals surface area contributed by atoms with Crippen molar-refractivity contribution in [1.82, 2.24) is 9.78 Å². The Bertz CT molecular complexity index is 1150. The van der Waals surface area contributed by atoms with Crippen LogP contribution in [0.25, 0.3) is 10.2 Å². The molecule has 0 fully saturated rings. The second-order valence-electron chi connectivity index (χ2n) is 6.35. The predicted molar refractivity (Wildman–Crippen MR) is 114 cm³/mol. The van der Waals surface area contributed by atoms with Crippen LogP contribution in [0.3, 0.4) is 0 Å². The number of hydrogen-bond acceptors (Lipinski definition) is 4. The third kappa shape index (κ3) is 3.61. The van der Waals surface area contributed by atoms with Gasteiger partial charge in [-0.25, -0.2) is 0 Å². The van der Waals surface area contributed by atoms with Gasteiger partial charge in [0.2, 0.25) is 0 Å². The lowest BCUT2D eigenvalue weighted by Gasteiger charge is -2.08. The molecule has 0 aliphatic rings. The number of halogens is 1. The fourth-order valence-corrected chi connectivity index (χ4v) is 4.21. The van der Waals surface area contributed by atoms with Gasteiger partial charge >= 0.3 is 0 Å². The van der Waals surface area contributed by atoms with Gasteiger partial charge in [-0.1, -0.05) is 35.9 Å². The summed E-state index contributed by atoms with van der Waals surface area (Å²) in [6.07, 6.45) is 0. The third-order valence-corrected chi connectivity index (χ3v) is 5.83. The zero-order valence-electron chi connectivity index (χ0n) is 15.4. The van der Waals surface area contributed by atoms with Crippen LogP contribution < -0.4 is 10.1 Å². The van der Waals surface area contributed by atoms with Crippen LogP contribution in [0, 0.1) is 6.92 Å². The molecular formula is C21H18ClN3O2S. The van der Waals surface area contributed by atoms with E-state index in [1.54, 1.807) is 7.11 Å². The highest BCUT2D eigenvalue weighted by molar-refractivity contribution is 7.20. The summed E-state index contributed by atoms with van der Waals surface area (Å²) in [6, 6.07) is 16.9. The summed E-state index contributed by atoms with van der Waals surface area (Å²) in [6.45, 7) is 2.57. The van der Waals surface area contributed by atoms with Crippen molar-refractivity contribution in [3.05, 3.63) is 75.8 Å². The zero-order valence-corrected chi connectivity index (χ0v) is 17.0. The molecule has 4 aromatic rings. The molecule has 0 spiro atoms. The molecule has 4 rings (SSSR count). The predicted octanol–water partition coefficient (Wildman–Crippen LogP) is 5.37. The van der Waals surface area contributed by atoms with Crippen LogP contribution in [0.5, 0.6) is 5.75 Å². The zero-order chi connectivity index (χ0) is 19.7. The Morgan fingerprint density at radius 3 is 2.71 bits per heavy atom. The first kappa shape index (κ1) is 18.5. The Hall–Kier alpha value is -2.83. The van der Waals surface area contributed by atoms with Crippen molar-refractivity contribution in [1.29, 1.82) is 0 Å². The minimum absolute atomic E-state index is 0.164. The van der Waals surface area contributed by atoms with E-state index < -0.39 is 0 Å². The van der Waals surface area contributed by atoms with Crippen molar-refractivity contribution in [3.8, 4) is 5.75 Å². The quantitative estimate of drug-likeness (QED) is 0.480. The molecule has 0 unspecified atom stereocenters. The van der Waals surface area contributed by atoms with E-state index in [9.17, 15) is 4.79 Å². The molecule has 0 aliphatic carbocycles. The summed E-state index contributed by atoms with van der Waals surface area (Å²) >= 11 is 7.40. The van der Waals surface area contributed by atoms with Gasteiger partial charge in [-0.15, -0.1) is 11.3 Å². The highest BCUT2D eigenvalue weighted by atomic mass is 35.5. The summed E-state index contributed by atoms with van der Waals surface area (Å²) in [5, 5.41) is 9.24. The van der Waals surface area contributed by atoms with E-state index in [2.05, 4.69) is 10.4 Å². The van der Waals surface area contributed by atoms with Gasteiger partial charge in [0.15, 0.2) is 0 Å². The van der Waals surface area contributed by atoms with Gasteiger partial charge in [-0.3, -0.25) is 9.48 Å². The number of anilines is 1. The number of thiophene rings is 1. The number of nitrogens with one attached hydrogen (secondary N) is 1. The standard InChI is InChI=1S/C21H18ClN3O2S/c1-13-16-11-19(20(26)23-17-5-3-4-6-18(17)27-2)28-21(16)25(24-13)12-14-7-9-15(22)10-8-14/h3-11H,12H2,1-2H3,(H,23,26). The smallest absolute Gasteiger partial charge is 0.265 e. The molecule has 5 nitrogen and oxygen atoms in total. The minimum atomic E-state index is -0.164. The Labute approximate surface area is 171 Å². The Balaban J connectivity index is 1.62. The van der Waals surface area contributed by atoms with Crippen LogP contribution in [0.1, 0.15) is 20.9 Å². The van der Waals surface area contributed by atoms with Gasteiger partial charge in [0.1, 0.15) is 10.6 Å². The number of fused-ring (bicyclic) bond motifs is 1. The summed E-state index contributed by atoms with van der Waals surface area (Å²) < 4.78 is 7.23. The van der Waals surface area contributed by atoms with Crippen LogP contribution in [0.4, 0.5) is 5.69 Å². The van der Waals surface area contributed by atoms with Crippen LogP contribution in [0.15, 0.2) is 54.6 Å². The van der Waals surface area contributed by atoms with Crippen molar-refractivity contribution >= 4 is 44.7 Å². The molecule has 2 aromatic carbocycles. The van der Waals surface area contributed by atoms with Crippen molar-refractivity contribution in [2.45, 2.75) is 13.5 Å². The maximum atomic E-state index is 12.8. The SMILES string of the molecule is COc1ccccc1NC(=O)c1cc2c(C)nn(Cc3ccc(Cl)cc3)c2s1. The van der Waals surface area contributed by atoms with Gasteiger partial charge in [0, 0.05) is 10.4 Å². The number of methoxy groups -OCH3 is 1. The molecule has 0 saturated heterocycles. The molecule has 7 heteroatoms. The van der Waals surface area contributed by atoms with Gasteiger partial charge < -0.3 is 10.1 Å². The number of para-hydroxylation sites is 2. The molecule has 28 heavy (non-hydrogen) atoms. The summed E-state index contributed by atoms with van der Waals surface area (Å²) in [5.74, 6) is 0.463. The number of amides is 1. The van der Waals surface area contributed by atoms with E-state index in [0.29, 0.717) is 27.9 Å². The molecule has 2 heterocycles. The summed E-state index contributed by atoms with van der Waals surface area (Å²) in [4.78, 5) is 14.4. The average molecular weight is 412 g/mol. The van der Waals surface area contributed by atoms with Crippen molar-refractivity contribution in [3.63, 3.8) is 0 Å². The lowest BCUT2D eigenvalue weighted by atomic mass is 10.2. The van der Waals surface area contributed by atoms with Crippen molar-refractivity contribution < 1.29 is 9.53 Å². The van der Waals surface area contributed by atoms with Crippen LogP contribution in [-0.2, 0) is 6.54 Å². The van der Waals surface area contributed by atoms with Crippen molar-refractivity contribution in [2.75, 3.05) is 12.4 Å². The number of carbonyl (C=O) groups excluding carboxylic acids is 1. The molecule has 2 aromatic heterocycles. The van der Waals surface area contributed by atoms with Crippen LogP contribution in [-0.4, -0.2) is 22.8 Å². The molecule has 0 bridgehead atoms. The number of ether oxygens (including phenoxy) is 1. The number of carbonyl (C=O) groups is 1. The normalized spacial score (nSPS) is 11.0. The molecular weight excluding hydrogens is 394 g/mol. The lowest BCUT2D eigenvalue weighted by Crippen LogP contribution is -2.11. The van der Waals surface area contributed by atoms with Crippen LogP contribution >= 0.6 is 22.9 Å². The topological polar surface area (TPSA) is 56.1 Å². The number of benzene rings is 2. The maximum Gasteiger partial charge on any atom is 0.265 e. The van der Waals surface area contributed by atoms with E-state index >= 15 is 0 Å². The average Bonchev–Trinajstić information content (AvgIpc) is 3.26. The van der Waals surface area contributed by atoms with Gasteiger partial charge in [0.25, 0.3) is 5.91 Å². The maximum absolute atomic E-state index is 12.8. The summed E-state index contributed by atoms with van der Waals surface area (Å²) in [5.41, 5.74) is 2.64. The Kier molecular flexibility index (Phi) is 5.07. The second kappa shape index (κ2) is 7.66. The molecule has 1 amide bonds.